The van der Waals surface area contributed by atoms with E-state index in [0.29, 0.717) is 12.5 Å². The van der Waals surface area contributed by atoms with Gasteiger partial charge in [-0.25, -0.2) is 0 Å². The number of carbonyl (C=O) groups excluding carboxylic acids is 1. The number of aliphatic hydroxyl groups is 1. The van der Waals surface area contributed by atoms with Crippen LogP contribution in [0.15, 0.2) is 0 Å². The van der Waals surface area contributed by atoms with Gasteiger partial charge >= 0.3 is 0 Å². The third-order valence-corrected chi connectivity index (χ3v) is 3.41. The molecule has 0 radical (unpaired) electrons. The molecule has 3 heteroatoms. The molecule has 0 aromatic heterocycles. The normalized spacial score (nSPS) is 29.5. The van der Waals surface area contributed by atoms with Crippen molar-refractivity contribution in [2.75, 3.05) is 13.1 Å². The third kappa shape index (κ3) is 2.08. The van der Waals surface area contributed by atoms with Gasteiger partial charge in [0.05, 0.1) is 6.10 Å². The molecule has 0 spiro atoms. The van der Waals surface area contributed by atoms with Crippen LogP contribution in [0.3, 0.4) is 0 Å². The SMILES string of the molecule is O=C(C1CCCC1)N1CCC[C@@H](O)C1. The number of carbonyl (C=O) groups is 1. The number of aliphatic hydroxyl groups excluding tert-OH is 1. The van der Waals surface area contributed by atoms with Crippen molar-refractivity contribution >= 4 is 5.91 Å². The predicted molar refractivity (Wildman–Crippen MR) is 53.8 cm³/mol. The quantitative estimate of drug-likeness (QED) is 0.685. The van der Waals surface area contributed by atoms with Gasteiger partial charge in [-0.05, 0) is 25.7 Å². The zero-order valence-corrected chi connectivity index (χ0v) is 8.61. The molecule has 2 rings (SSSR count). The molecule has 1 atom stereocenters. The van der Waals surface area contributed by atoms with E-state index in [9.17, 15) is 9.90 Å². The molecule has 2 aliphatic rings. The summed E-state index contributed by atoms with van der Waals surface area (Å²) in [5.41, 5.74) is 0. The van der Waals surface area contributed by atoms with E-state index in [2.05, 4.69) is 0 Å². The van der Waals surface area contributed by atoms with Crippen molar-refractivity contribution < 1.29 is 9.90 Å². The van der Waals surface area contributed by atoms with Gasteiger partial charge in [0.25, 0.3) is 0 Å². The number of amides is 1. The van der Waals surface area contributed by atoms with Gasteiger partial charge in [-0.3, -0.25) is 4.79 Å². The Balaban J connectivity index is 1.89. The average molecular weight is 197 g/mol. The van der Waals surface area contributed by atoms with Crippen LogP contribution in [0.4, 0.5) is 0 Å². The van der Waals surface area contributed by atoms with Crippen LogP contribution in [0.1, 0.15) is 38.5 Å². The van der Waals surface area contributed by atoms with Crippen molar-refractivity contribution in [2.24, 2.45) is 5.92 Å². The highest BCUT2D eigenvalue weighted by Crippen LogP contribution is 2.27. The van der Waals surface area contributed by atoms with Crippen molar-refractivity contribution in [1.82, 2.24) is 4.90 Å². The van der Waals surface area contributed by atoms with Gasteiger partial charge in [0.2, 0.25) is 5.91 Å². The Kier molecular flexibility index (Phi) is 3.06. The van der Waals surface area contributed by atoms with E-state index in [1.165, 1.54) is 12.8 Å². The molecule has 2 fully saturated rings. The zero-order valence-electron chi connectivity index (χ0n) is 8.61. The van der Waals surface area contributed by atoms with Crippen LogP contribution >= 0.6 is 0 Å². The van der Waals surface area contributed by atoms with Crippen LogP contribution < -0.4 is 0 Å². The molecule has 1 heterocycles. The summed E-state index contributed by atoms with van der Waals surface area (Å²) in [6.07, 6.45) is 6.05. The summed E-state index contributed by atoms with van der Waals surface area (Å²) in [5, 5.41) is 9.48. The Labute approximate surface area is 85.1 Å². The van der Waals surface area contributed by atoms with E-state index in [0.717, 1.165) is 32.2 Å². The summed E-state index contributed by atoms with van der Waals surface area (Å²) in [4.78, 5) is 13.8. The molecule has 14 heavy (non-hydrogen) atoms. The molecule has 0 unspecified atom stereocenters. The van der Waals surface area contributed by atoms with Gasteiger partial charge in [-0.1, -0.05) is 12.8 Å². The van der Waals surface area contributed by atoms with Gasteiger partial charge in [0, 0.05) is 19.0 Å². The lowest BCUT2D eigenvalue weighted by molar-refractivity contribution is -0.138. The standard InChI is InChI=1S/C11H19NO2/c13-10-6-3-7-12(8-10)11(14)9-4-1-2-5-9/h9-10,13H,1-8H2/t10-/m1/s1. The van der Waals surface area contributed by atoms with Gasteiger partial charge in [-0.15, -0.1) is 0 Å². The second kappa shape index (κ2) is 4.30. The molecule has 1 saturated heterocycles. The fraction of sp³-hybridized carbons (Fsp3) is 0.909. The maximum Gasteiger partial charge on any atom is 0.225 e. The number of nitrogens with zero attached hydrogens (tertiary/aromatic N) is 1. The molecule has 0 aromatic carbocycles. The molecule has 80 valence electrons. The maximum absolute atomic E-state index is 12.0. The van der Waals surface area contributed by atoms with Crippen LogP contribution in [0.5, 0.6) is 0 Å². The minimum Gasteiger partial charge on any atom is -0.391 e. The van der Waals surface area contributed by atoms with Gasteiger partial charge in [0.15, 0.2) is 0 Å². The lowest BCUT2D eigenvalue weighted by Crippen LogP contribution is -2.44. The van der Waals surface area contributed by atoms with Gasteiger partial charge in [-0.2, -0.15) is 0 Å². The Morgan fingerprint density at radius 2 is 1.86 bits per heavy atom. The molecule has 3 nitrogen and oxygen atoms in total. The van der Waals surface area contributed by atoms with E-state index in [1.807, 2.05) is 4.90 Å². The summed E-state index contributed by atoms with van der Waals surface area (Å²) in [6, 6.07) is 0. The second-order valence-electron chi connectivity index (χ2n) is 4.56. The van der Waals surface area contributed by atoms with Crippen LogP contribution in [-0.4, -0.2) is 35.1 Å². The number of likely N-dealkylation sites (tertiary alicyclic amines) is 1. The Hall–Kier alpha value is -0.570. The molecular formula is C11H19NO2. The van der Waals surface area contributed by atoms with Gasteiger partial charge in [0.1, 0.15) is 0 Å². The van der Waals surface area contributed by atoms with Crippen molar-refractivity contribution in [3.8, 4) is 0 Å². The molecular weight excluding hydrogens is 178 g/mol. The first-order valence-corrected chi connectivity index (χ1v) is 5.74. The van der Waals surface area contributed by atoms with E-state index in [1.54, 1.807) is 0 Å². The first-order chi connectivity index (χ1) is 6.77. The summed E-state index contributed by atoms with van der Waals surface area (Å²) >= 11 is 0. The second-order valence-corrected chi connectivity index (χ2v) is 4.56. The van der Waals surface area contributed by atoms with Gasteiger partial charge < -0.3 is 10.0 Å². The molecule has 1 aliphatic heterocycles. The van der Waals surface area contributed by atoms with E-state index in [-0.39, 0.29) is 12.0 Å². The molecule has 0 bridgehead atoms. The first-order valence-electron chi connectivity index (χ1n) is 5.74. The monoisotopic (exact) mass is 197 g/mol. The predicted octanol–water partition coefficient (Wildman–Crippen LogP) is 1.16. The number of rotatable bonds is 1. The highest BCUT2D eigenvalue weighted by Gasteiger charge is 2.29. The third-order valence-electron chi connectivity index (χ3n) is 3.41. The van der Waals surface area contributed by atoms with Crippen LogP contribution in [0, 0.1) is 5.92 Å². The van der Waals surface area contributed by atoms with Crippen LogP contribution in [0.25, 0.3) is 0 Å². The number of piperidine rings is 1. The first kappa shape index (κ1) is 9.97. The van der Waals surface area contributed by atoms with E-state index in [4.69, 9.17) is 0 Å². The summed E-state index contributed by atoms with van der Waals surface area (Å²) < 4.78 is 0. The minimum atomic E-state index is -0.283. The Morgan fingerprint density at radius 1 is 1.14 bits per heavy atom. The molecule has 1 N–H and O–H groups in total. The molecule has 0 aromatic rings. The van der Waals surface area contributed by atoms with Crippen molar-refractivity contribution in [3.63, 3.8) is 0 Å². The largest absolute Gasteiger partial charge is 0.391 e. The lowest BCUT2D eigenvalue weighted by atomic mass is 10.0. The van der Waals surface area contributed by atoms with Crippen LogP contribution in [-0.2, 0) is 4.79 Å². The van der Waals surface area contributed by atoms with E-state index < -0.39 is 0 Å². The fourth-order valence-corrected chi connectivity index (χ4v) is 2.59. The smallest absolute Gasteiger partial charge is 0.225 e. The number of hydrogen-bond acceptors (Lipinski definition) is 2. The molecule has 1 amide bonds. The van der Waals surface area contributed by atoms with Crippen molar-refractivity contribution in [1.29, 1.82) is 0 Å². The number of β-amino-alcohol motifs (C(OH)–C–C–N with tert-alkyl or cyclic N) is 1. The highest BCUT2D eigenvalue weighted by molar-refractivity contribution is 5.79. The van der Waals surface area contributed by atoms with E-state index >= 15 is 0 Å². The Bertz CT molecular complexity index is 211. The summed E-state index contributed by atoms with van der Waals surface area (Å²) in [5.74, 6) is 0.557. The number of hydrogen-bond donors (Lipinski definition) is 1. The summed E-state index contributed by atoms with van der Waals surface area (Å²) in [7, 11) is 0. The van der Waals surface area contributed by atoms with Crippen molar-refractivity contribution in [2.45, 2.75) is 44.6 Å². The lowest BCUT2D eigenvalue weighted by Gasteiger charge is -2.32. The maximum atomic E-state index is 12.0. The Morgan fingerprint density at radius 3 is 2.50 bits per heavy atom. The fourth-order valence-electron chi connectivity index (χ4n) is 2.59. The summed E-state index contributed by atoms with van der Waals surface area (Å²) in [6.45, 7) is 1.42. The average Bonchev–Trinajstić information content (AvgIpc) is 2.69. The minimum absolute atomic E-state index is 0.264. The molecule has 1 saturated carbocycles. The topological polar surface area (TPSA) is 40.5 Å². The molecule has 1 aliphatic carbocycles. The highest BCUT2D eigenvalue weighted by atomic mass is 16.3. The zero-order chi connectivity index (χ0) is 9.97. The van der Waals surface area contributed by atoms with Crippen molar-refractivity contribution in [3.05, 3.63) is 0 Å². The van der Waals surface area contributed by atoms with Crippen LogP contribution in [0.2, 0.25) is 0 Å².